The fourth-order valence-electron chi connectivity index (χ4n) is 1.31. The van der Waals surface area contributed by atoms with Crippen molar-refractivity contribution in [2.75, 3.05) is 0 Å². The molecule has 20 heavy (non-hydrogen) atoms. The summed E-state index contributed by atoms with van der Waals surface area (Å²) in [6.45, 7) is 0. The zero-order valence-electron chi connectivity index (χ0n) is 9.04. The third kappa shape index (κ3) is 3.93. The maximum absolute atomic E-state index is 12.7. The Kier molecular flexibility index (Phi) is 4.58. The summed E-state index contributed by atoms with van der Waals surface area (Å²) in [7, 11) is 0. The molecule has 0 aliphatic rings. The number of benzene rings is 1. The summed E-state index contributed by atoms with van der Waals surface area (Å²) >= 11 is 15.5. The van der Waals surface area contributed by atoms with Crippen LogP contribution in [0.25, 0.3) is 0 Å². The standard InChI is InChI=1S/C10H3Cl3F6O/c11-8(12,13)7(20)5-2-1-4(9(14,15)16)3-6(5)10(17,18)19/h1-3H. The summed E-state index contributed by atoms with van der Waals surface area (Å²) in [5, 5.41) is 0. The Balaban J connectivity index is 3.52. The van der Waals surface area contributed by atoms with Crippen LogP contribution in [0.5, 0.6) is 0 Å². The first-order chi connectivity index (χ1) is 8.74. The lowest BCUT2D eigenvalue weighted by Gasteiger charge is -2.17. The highest BCUT2D eigenvalue weighted by Gasteiger charge is 2.42. The Morgan fingerprint density at radius 3 is 1.75 bits per heavy atom. The van der Waals surface area contributed by atoms with Crippen molar-refractivity contribution >= 4 is 40.6 Å². The van der Waals surface area contributed by atoms with E-state index >= 15 is 0 Å². The molecular formula is C10H3Cl3F6O. The van der Waals surface area contributed by atoms with Gasteiger partial charge >= 0.3 is 12.4 Å². The van der Waals surface area contributed by atoms with Crippen LogP contribution in [0.3, 0.4) is 0 Å². The number of rotatable bonds is 1. The Morgan fingerprint density at radius 2 is 1.40 bits per heavy atom. The lowest BCUT2D eigenvalue weighted by molar-refractivity contribution is -0.143. The second-order valence-electron chi connectivity index (χ2n) is 3.58. The fourth-order valence-corrected chi connectivity index (χ4v) is 1.61. The predicted octanol–water partition coefficient (Wildman–Crippen LogP) is 5.28. The molecule has 0 aliphatic carbocycles. The second-order valence-corrected chi connectivity index (χ2v) is 5.86. The average molecular weight is 359 g/mol. The van der Waals surface area contributed by atoms with Gasteiger partial charge in [-0.05, 0) is 12.1 Å². The van der Waals surface area contributed by atoms with E-state index in [1.807, 2.05) is 0 Å². The first-order valence-corrected chi connectivity index (χ1v) is 5.78. The van der Waals surface area contributed by atoms with Crippen molar-refractivity contribution in [1.29, 1.82) is 0 Å². The van der Waals surface area contributed by atoms with Crippen LogP contribution in [0.4, 0.5) is 26.3 Å². The summed E-state index contributed by atoms with van der Waals surface area (Å²) in [5.74, 6) is -1.57. The van der Waals surface area contributed by atoms with E-state index in [1.165, 1.54) is 0 Å². The van der Waals surface area contributed by atoms with Crippen LogP contribution >= 0.6 is 34.8 Å². The van der Waals surface area contributed by atoms with Gasteiger partial charge in [-0.2, -0.15) is 26.3 Å². The summed E-state index contributed by atoms with van der Waals surface area (Å²) in [5.41, 5.74) is -4.53. The van der Waals surface area contributed by atoms with Crippen LogP contribution in [0.2, 0.25) is 0 Å². The van der Waals surface area contributed by atoms with Gasteiger partial charge < -0.3 is 0 Å². The van der Waals surface area contributed by atoms with E-state index in [4.69, 9.17) is 34.8 Å². The molecule has 112 valence electrons. The predicted molar refractivity (Wildman–Crippen MR) is 61.1 cm³/mol. The van der Waals surface area contributed by atoms with E-state index < -0.39 is 38.6 Å². The number of hydrogen-bond donors (Lipinski definition) is 0. The van der Waals surface area contributed by atoms with Gasteiger partial charge in [-0.3, -0.25) is 4.79 Å². The van der Waals surface area contributed by atoms with Crippen LogP contribution in [0.1, 0.15) is 21.5 Å². The number of carbonyl (C=O) groups is 1. The number of halogens is 9. The molecule has 0 heterocycles. The normalized spacial score (nSPS) is 13.4. The van der Waals surface area contributed by atoms with Crippen molar-refractivity contribution < 1.29 is 31.1 Å². The molecule has 1 aromatic carbocycles. The zero-order chi connectivity index (χ0) is 15.9. The van der Waals surface area contributed by atoms with Crippen molar-refractivity contribution in [2.45, 2.75) is 16.1 Å². The van der Waals surface area contributed by atoms with Gasteiger partial charge in [0.15, 0.2) is 0 Å². The first-order valence-electron chi connectivity index (χ1n) is 4.64. The minimum Gasteiger partial charge on any atom is -0.289 e. The van der Waals surface area contributed by atoms with Gasteiger partial charge in [0, 0.05) is 5.56 Å². The Morgan fingerprint density at radius 1 is 0.900 bits per heavy atom. The molecule has 0 N–H and O–H groups in total. The van der Waals surface area contributed by atoms with Crippen LogP contribution < -0.4 is 0 Å². The minimum absolute atomic E-state index is 0.205. The molecule has 1 aromatic rings. The fraction of sp³-hybridized carbons (Fsp3) is 0.300. The van der Waals surface area contributed by atoms with Crippen molar-refractivity contribution in [3.05, 3.63) is 34.9 Å². The van der Waals surface area contributed by atoms with E-state index in [0.717, 1.165) is 0 Å². The summed E-state index contributed by atoms with van der Waals surface area (Å²) in [4.78, 5) is 11.5. The highest BCUT2D eigenvalue weighted by atomic mass is 35.6. The molecular weight excluding hydrogens is 356 g/mol. The van der Waals surface area contributed by atoms with Crippen LogP contribution in [0.15, 0.2) is 18.2 Å². The van der Waals surface area contributed by atoms with Crippen molar-refractivity contribution in [2.24, 2.45) is 0 Å². The zero-order valence-corrected chi connectivity index (χ0v) is 11.3. The van der Waals surface area contributed by atoms with Crippen LogP contribution in [-0.4, -0.2) is 9.58 Å². The minimum atomic E-state index is -5.21. The lowest BCUT2D eigenvalue weighted by Crippen LogP contribution is -2.24. The maximum atomic E-state index is 12.7. The van der Waals surface area contributed by atoms with E-state index in [9.17, 15) is 31.1 Å². The number of ketones is 1. The molecule has 1 rings (SSSR count). The van der Waals surface area contributed by atoms with E-state index in [0.29, 0.717) is 12.1 Å². The molecule has 0 amide bonds. The van der Waals surface area contributed by atoms with E-state index in [1.54, 1.807) is 0 Å². The Hall–Kier alpha value is -0.660. The third-order valence-corrected chi connectivity index (χ3v) is 2.67. The number of Topliss-reactive ketones (excluding diaryl/α,β-unsaturated/α-hetero) is 1. The molecule has 10 heteroatoms. The van der Waals surface area contributed by atoms with Gasteiger partial charge in [-0.1, -0.05) is 40.9 Å². The molecule has 0 aliphatic heterocycles. The van der Waals surface area contributed by atoms with Gasteiger partial charge in [0.1, 0.15) is 0 Å². The molecule has 0 bridgehead atoms. The maximum Gasteiger partial charge on any atom is 0.417 e. The summed E-state index contributed by atoms with van der Waals surface area (Å²) < 4.78 is 72.6. The quantitative estimate of drug-likeness (QED) is 0.379. The number of hydrogen-bond acceptors (Lipinski definition) is 1. The van der Waals surface area contributed by atoms with Gasteiger partial charge in [0.25, 0.3) is 3.79 Å². The topological polar surface area (TPSA) is 17.1 Å². The number of carbonyl (C=O) groups excluding carboxylic acids is 1. The van der Waals surface area contributed by atoms with Crippen LogP contribution in [-0.2, 0) is 12.4 Å². The van der Waals surface area contributed by atoms with Crippen molar-refractivity contribution in [1.82, 2.24) is 0 Å². The van der Waals surface area contributed by atoms with Gasteiger partial charge in [0.05, 0.1) is 11.1 Å². The molecule has 0 unspecified atom stereocenters. The smallest absolute Gasteiger partial charge is 0.289 e. The van der Waals surface area contributed by atoms with Crippen molar-refractivity contribution in [3.8, 4) is 0 Å². The Labute approximate surface area is 123 Å². The van der Waals surface area contributed by atoms with E-state index in [-0.39, 0.29) is 6.07 Å². The van der Waals surface area contributed by atoms with E-state index in [2.05, 4.69) is 0 Å². The average Bonchev–Trinajstić information content (AvgIpc) is 2.23. The summed E-state index contributed by atoms with van der Waals surface area (Å²) in [6, 6.07) is 0.429. The summed E-state index contributed by atoms with van der Waals surface area (Å²) in [6.07, 6.45) is -10.2. The molecule has 0 saturated carbocycles. The molecule has 0 fully saturated rings. The van der Waals surface area contributed by atoms with Gasteiger partial charge in [0.2, 0.25) is 5.78 Å². The first kappa shape index (κ1) is 17.4. The Bertz CT molecular complexity index is 529. The lowest BCUT2D eigenvalue weighted by atomic mass is 10.0. The molecule has 0 spiro atoms. The third-order valence-electron chi connectivity index (χ3n) is 2.15. The largest absolute Gasteiger partial charge is 0.417 e. The van der Waals surface area contributed by atoms with Crippen molar-refractivity contribution in [3.63, 3.8) is 0 Å². The highest BCUT2D eigenvalue weighted by Crippen LogP contribution is 2.40. The molecule has 0 radical (unpaired) electrons. The highest BCUT2D eigenvalue weighted by molar-refractivity contribution is 6.77. The SMILES string of the molecule is O=C(c1ccc(C(F)(F)F)cc1C(F)(F)F)C(Cl)(Cl)Cl. The molecule has 0 saturated heterocycles. The second kappa shape index (κ2) is 5.27. The molecule has 0 aromatic heterocycles. The number of alkyl halides is 9. The monoisotopic (exact) mass is 358 g/mol. The molecule has 1 nitrogen and oxygen atoms in total. The van der Waals surface area contributed by atoms with Gasteiger partial charge in [-0.15, -0.1) is 0 Å². The van der Waals surface area contributed by atoms with Crippen LogP contribution in [0, 0.1) is 0 Å². The molecule has 0 atom stereocenters. The van der Waals surface area contributed by atoms with Gasteiger partial charge in [-0.25, -0.2) is 0 Å².